The first-order valence-electron chi connectivity index (χ1n) is 8.63. The molecule has 2 aromatic rings. The van der Waals surface area contributed by atoms with Crippen molar-refractivity contribution in [2.75, 3.05) is 13.2 Å². The van der Waals surface area contributed by atoms with Crippen LogP contribution in [-0.2, 0) is 17.8 Å². The van der Waals surface area contributed by atoms with Crippen LogP contribution in [0.1, 0.15) is 52.6 Å². The summed E-state index contributed by atoms with van der Waals surface area (Å²) in [5.41, 5.74) is 3.84. The number of carbonyl (C=O) groups excluding carboxylic acids is 1. The van der Waals surface area contributed by atoms with Crippen LogP contribution in [0.15, 0.2) is 18.2 Å². The second kappa shape index (κ2) is 7.25. The van der Waals surface area contributed by atoms with Gasteiger partial charge in [0.05, 0.1) is 18.1 Å². The lowest BCUT2D eigenvalue weighted by molar-refractivity contribution is -0.385. The molecule has 1 aliphatic rings. The van der Waals surface area contributed by atoms with E-state index in [0.29, 0.717) is 31.0 Å². The fourth-order valence-electron chi connectivity index (χ4n) is 3.43. The zero-order chi connectivity index (χ0) is 18.8. The fraction of sp³-hybridized carbons (Fsp3) is 0.444. The molecule has 0 saturated heterocycles. The maximum atomic E-state index is 12.3. The molecule has 1 aromatic carbocycles. The first kappa shape index (κ1) is 18.1. The second-order valence-electron chi connectivity index (χ2n) is 6.50. The number of fused-ring (bicyclic) bond motifs is 1. The monoisotopic (exact) mass is 358 g/mol. The Morgan fingerprint density at radius 3 is 2.92 bits per heavy atom. The van der Waals surface area contributed by atoms with E-state index >= 15 is 0 Å². The Hall–Kier alpha value is -2.74. The molecular weight excluding hydrogens is 336 g/mol. The van der Waals surface area contributed by atoms with Crippen molar-refractivity contribution in [1.29, 1.82) is 0 Å². The quantitative estimate of drug-likeness (QED) is 0.501. The lowest BCUT2D eigenvalue weighted by Crippen LogP contribution is -2.28. The third-order valence-corrected chi connectivity index (χ3v) is 4.57. The van der Waals surface area contributed by atoms with Crippen LogP contribution in [0.3, 0.4) is 0 Å². The van der Waals surface area contributed by atoms with E-state index in [-0.39, 0.29) is 16.5 Å². The molecule has 26 heavy (non-hydrogen) atoms. The molecule has 2 heterocycles. The molecule has 0 radical (unpaired) electrons. The van der Waals surface area contributed by atoms with Crippen molar-refractivity contribution < 1.29 is 14.5 Å². The second-order valence-corrected chi connectivity index (χ2v) is 6.50. The SMILES string of the molecule is CCOC(=O)c1nn(Cc2ccc([N+](=O)[O-])c(C)c2)c2c1CNCC2C. The highest BCUT2D eigenvalue weighted by Crippen LogP contribution is 2.28. The molecule has 138 valence electrons. The third-order valence-electron chi connectivity index (χ3n) is 4.57. The summed E-state index contributed by atoms with van der Waals surface area (Å²) < 4.78 is 6.96. The maximum absolute atomic E-state index is 12.3. The van der Waals surface area contributed by atoms with Crippen LogP contribution in [0.25, 0.3) is 0 Å². The van der Waals surface area contributed by atoms with E-state index < -0.39 is 5.97 Å². The zero-order valence-corrected chi connectivity index (χ0v) is 15.1. The summed E-state index contributed by atoms with van der Waals surface area (Å²) in [6.07, 6.45) is 0. The zero-order valence-electron chi connectivity index (χ0n) is 15.1. The van der Waals surface area contributed by atoms with Gasteiger partial charge in [-0.05, 0) is 25.5 Å². The summed E-state index contributed by atoms with van der Waals surface area (Å²) in [5, 5.41) is 18.8. The van der Waals surface area contributed by atoms with Crippen LogP contribution < -0.4 is 5.32 Å². The average Bonchev–Trinajstić information content (AvgIpc) is 2.95. The molecule has 0 aliphatic carbocycles. The molecule has 0 fully saturated rings. The van der Waals surface area contributed by atoms with Crippen LogP contribution in [-0.4, -0.2) is 33.8 Å². The summed E-state index contributed by atoms with van der Waals surface area (Å²) >= 11 is 0. The predicted molar refractivity (Wildman–Crippen MR) is 95.2 cm³/mol. The lowest BCUT2D eigenvalue weighted by Gasteiger charge is -2.22. The fourth-order valence-corrected chi connectivity index (χ4v) is 3.43. The molecule has 1 N–H and O–H groups in total. The van der Waals surface area contributed by atoms with Crippen molar-refractivity contribution in [1.82, 2.24) is 15.1 Å². The first-order valence-corrected chi connectivity index (χ1v) is 8.63. The molecule has 1 aliphatic heterocycles. The number of nitro benzene ring substituents is 1. The first-order chi connectivity index (χ1) is 12.4. The van der Waals surface area contributed by atoms with Gasteiger partial charge < -0.3 is 10.1 Å². The molecular formula is C18H22N4O4. The number of hydrogen-bond donors (Lipinski definition) is 1. The normalized spacial score (nSPS) is 16.2. The number of carbonyl (C=O) groups is 1. The number of nitrogens with one attached hydrogen (secondary N) is 1. The van der Waals surface area contributed by atoms with Crippen molar-refractivity contribution >= 4 is 11.7 Å². The van der Waals surface area contributed by atoms with Gasteiger partial charge in [0.1, 0.15) is 0 Å². The number of esters is 1. The van der Waals surface area contributed by atoms with E-state index in [0.717, 1.165) is 23.4 Å². The number of benzene rings is 1. The molecule has 0 bridgehead atoms. The van der Waals surface area contributed by atoms with Gasteiger partial charge >= 0.3 is 5.97 Å². The molecule has 8 heteroatoms. The summed E-state index contributed by atoms with van der Waals surface area (Å²) in [4.78, 5) is 22.9. The average molecular weight is 358 g/mol. The molecule has 8 nitrogen and oxygen atoms in total. The van der Waals surface area contributed by atoms with Gasteiger partial charge in [0.25, 0.3) is 5.69 Å². The van der Waals surface area contributed by atoms with Gasteiger partial charge in [-0.25, -0.2) is 4.79 Å². The van der Waals surface area contributed by atoms with E-state index in [2.05, 4.69) is 17.3 Å². The Balaban J connectivity index is 1.98. The molecule has 3 rings (SSSR count). The predicted octanol–water partition coefficient (Wildman–Crippen LogP) is 2.53. The van der Waals surface area contributed by atoms with Crippen molar-refractivity contribution in [3.8, 4) is 0 Å². The molecule has 0 saturated carbocycles. The van der Waals surface area contributed by atoms with Gasteiger partial charge in [0.15, 0.2) is 5.69 Å². The highest BCUT2D eigenvalue weighted by Gasteiger charge is 2.29. The smallest absolute Gasteiger partial charge is 0.359 e. The van der Waals surface area contributed by atoms with Crippen LogP contribution in [0, 0.1) is 17.0 Å². The number of aryl methyl sites for hydroxylation is 1. The lowest BCUT2D eigenvalue weighted by atomic mass is 9.97. The number of rotatable bonds is 5. The van der Waals surface area contributed by atoms with Crippen LogP contribution in [0.5, 0.6) is 0 Å². The molecule has 0 spiro atoms. The summed E-state index contributed by atoms with van der Waals surface area (Å²) in [7, 11) is 0. The van der Waals surface area contributed by atoms with E-state index in [9.17, 15) is 14.9 Å². The third kappa shape index (κ3) is 3.32. The molecule has 1 unspecified atom stereocenters. The largest absolute Gasteiger partial charge is 0.461 e. The van der Waals surface area contributed by atoms with Gasteiger partial charge in [-0.2, -0.15) is 5.10 Å². The van der Waals surface area contributed by atoms with E-state index in [4.69, 9.17) is 4.74 Å². The maximum Gasteiger partial charge on any atom is 0.359 e. The van der Waals surface area contributed by atoms with Crippen LogP contribution in [0.4, 0.5) is 5.69 Å². The summed E-state index contributed by atoms with van der Waals surface area (Å²) in [6, 6.07) is 5.04. The highest BCUT2D eigenvalue weighted by atomic mass is 16.6. The van der Waals surface area contributed by atoms with Gasteiger partial charge in [-0.15, -0.1) is 0 Å². The van der Waals surface area contributed by atoms with Crippen molar-refractivity contribution in [3.05, 3.63) is 56.4 Å². The minimum Gasteiger partial charge on any atom is -0.461 e. The van der Waals surface area contributed by atoms with Gasteiger partial charge in [0.2, 0.25) is 0 Å². The van der Waals surface area contributed by atoms with E-state index in [1.54, 1.807) is 26.0 Å². The van der Waals surface area contributed by atoms with Crippen molar-refractivity contribution in [3.63, 3.8) is 0 Å². The summed E-state index contributed by atoms with van der Waals surface area (Å²) in [5.74, 6) is -0.216. The topological polar surface area (TPSA) is 99.3 Å². The number of nitro groups is 1. The Kier molecular flexibility index (Phi) is 5.03. The Bertz CT molecular complexity index is 859. The molecule has 0 amide bonds. The van der Waals surface area contributed by atoms with Crippen LogP contribution >= 0.6 is 0 Å². The van der Waals surface area contributed by atoms with E-state index in [1.165, 1.54) is 6.07 Å². The van der Waals surface area contributed by atoms with Gasteiger partial charge in [-0.3, -0.25) is 14.8 Å². The minimum atomic E-state index is -0.418. The standard InChI is InChI=1S/C18H22N4O4/c1-4-26-18(23)16-14-9-19-8-12(3)17(14)21(20-16)10-13-5-6-15(22(24)25)11(2)7-13/h5-7,12,19H,4,8-10H2,1-3H3. The Morgan fingerprint density at radius 1 is 1.50 bits per heavy atom. The van der Waals surface area contributed by atoms with Gasteiger partial charge in [0, 0.05) is 41.9 Å². The summed E-state index contributed by atoms with van der Waals surface area (Å²) in [6.45, 7) is 7.70. The molecule has 1 atom stereocenters. The molecule has 1 aromatic heterocycles. The van der Waals surface area contributed by atoms with Crippen molar-refractivity contribution in [2.24, 2.45) is 0 Å². The number of aromatic nitrogens is 2. The van der Waals surface area contributed by atoms with Crippen LogP contribution in [0.2, 0.25) is 0 Å². The highest BCUT2D eigenvalue weighted by molar-refractivity contribution is 5.89. The number of hydrogen-bond acceptors (Lipinski definition) is 6. The number of nitrogens with zero attached hydrogens (tertiary/aromatic N) is 3. The Labute approximate surface area is 151 Å². The minimum absolute atomic E-state index is 0.0982. The Morgan fingerprint density at radius 2 is 2.27 bits per heavy atom. The number of ether oxygens (including phenoxy) is 1. The van der Waals surface area contributed by atoms with Gasteiger partial charge in [-0.1, -0.05) is 13.0 Å². The van der Waals surface area contributed by atoms with Crippen molar-refractivity contribution in [2.45, 2.75) is 39.8 Å². The van der Waals surface area contributed by atoms with E-state index in [1.807, 2.05) is 4.68 Å².